The molecule has 0 aromatic heterocycles. The predicted octanol–water partition coefficient (Wildman–Crippen LogP) is 2.79. The maximum Gasteiger partial charge on any atom is 0.326 e. The number of hydrogen-bond donors (Lipinski definition) is 3. The lowest BCUT2D eigenvalue weighted by atomic mass is 10.0. The molecular formula is C15H20N2O3. The molecule has 1 aromatic rings. The highest BCUT2D eigenvalue weighted by molar-refractivity contribution is 5.93. The van der Waals surface area contributed by atoms with Crippen LogP contribution in [0.2, 0.25) is 0 Å². The zero-order valence-corrected chi connectivity index (χ0v) is 11.7. The van der Waals surface area contributed by atoms with Gasteiger partial charge in [0.2, 0.25) is 0 Å². The number of carboxylic acid groups (broad SMARTS) is 1. The van der Waals surface area contributed by atoms with Gasteiger partial charge in [0.15, 0.2) is 0 Å². The van der Waals surface area contributed by atoms with Crippen molar-refractivity contribution in [1.29, 1.82) is 0 Å². The molecule has 5 nitrogen and oxygen atoms in total. The number of carboxylic acids is 1. The molecule has 20 heavy (non-hydrogen) atoms. The van der Waals surface area contributed by atoms with Crippen LogP contribution in [0.3, 0.4) is 0 Å². The number of hydrogen-bond acceptors (Lipinski definition) is 2. The average molecular weight is 276 g/mol. The molecule has 2 amide bonds. The maximum atomic E-state index is 11.9. The second kappa shape index (κ2) is 5.94. The molecule has 108 valence electrons. The molecule has 1 saturated carbocycles. The van der Waals surface area contributed by atoms with Gasteiger partial charge < -0.3 is 15.7 Å². The van der Waals surface area contributed by atoms with Crippen LogP contribution in [0.5, 0.6) is 0 Å². The summed E-state index contributed by atoms with van der Waals surface area (Å²) in [5, 5.41) is 14.4. The number of para-hydroxylation sites is 1. The molecule has 1 aliphatic carbocycles. The van der Waals surface area contributed by atoms with Crippen LogP contribution in [0.4, 0.5) is 10.5 Å². The number of aliphatic carboxylic acids is 1. The molecule has 1 aliphatic rings. The highest BCUT2D eigenvalue weighted by Gasteiger charge is 2.37. The van der Waals surface area contributed by atoms with Crippen LogP contribution < -0.4 is 10.6 Å². The number of amides is 2. The van der Waals surface area contributed by atoms with Gasteiger partial charge in [-0.2, -0.15) is 0 Å². The van der Waals surface area contributed by atoms with Crippen LogP contribution in [0.1, 0.15) is 38.2 Å². The molecular weight excluding hydrogens is 256 g/mol. The minimum Gasteiger partial charge on any atom is -0.480 e. The van der Waals surface area contributed by atoms with Crippen molar-refractivity contribution in [2.45, 2.75) is 38.6 Å². The minimum atomic E-state index is -0.972. The van der Waals surface area contributed by atoms with Gasteiger partial charge in [0.05, 0.1) is 0 Å². The molecule has 0 aliphatic heterocycles. The first-order valence-electron chi connectivity index (χ1n) is 6.88. The van der Waals surface area contributed by atoms with Crippen LogP contribution in [0.25, 0.3) is 0 Å². The Kier molecular flexibility index (Phi) is 4.27. The summed E-state index contributed by atoms with van der Waals surface area (Å²) in [4.78, 5) is 23.1. The molecule has 1 aromatic carbocycles. The fourth-order valence-corrected chi connectivity index (χ4v) is 2.22. The van der Waals surface area contributed by atoms with Crippen molar-refractivity contribution in [2.24, 2.45) is 5.92 Å². The second-order valence-electron chi connectivity index (χ2n) is 5.49. The maximum absolute atomic E-state index is 11.9. The second-order valence-corrected chi connectivity index (χ2v) is 5.49. The third-order valence-electron chi connectivity index (χ3n) is 3.48. The van der Waals surface area contributed by atoms with E-state index in [0.717, 1.165) is 24.1 Å². The number of anilines is 1. The molecule has 0 spiro atoms. The third-order valence-corrected chi connectivity index (χ3v) is 3.48. The van der Waals surface area contributed by atoms with E-state index in [0.29, 0.717) is 0 Å². The minimum absolute atomic E-state index is 0.0681. The highest BCUT2D eigenvalue weighted by Crippen LogP contribution is 2.32. The monoisotopic (exact) mass is 276 g/mol. The SMILES string of the molecule is CC(C)c1ccccc1NC(=O)NC(C(=O)O)C1CC1. The van der Waals surface area contributed by atoms with Gasteiger partial charge in [0, 0.05) is 5.69 Å². The van der Waals surface area contributed by atoms with Crippen molar-refractivity contribution >= 4 is 17.7 Å². The fraction of sp³-hybridized carbons (Fsp3) is 0.467. The summed E-state index contributed by atoms with van der Waals surface area (Å²) < 4.78 is 0. The number of carbonyl (C=O) groups excluding carboxylic acids is 1. The zero-order chi connectivity index (χ0) is 14.7. The lowest BCUT2D eigenvalue weighted by Gasteiger charge is -2.17. The summed E-state index contributed by atoms with van der Waals surface area (Å²) in [6.45, 7) is 4.09. The van der Waals surface area contributed by atoms with Crippen molar-refractivity contribution in [3.8, 4) is 0 Å². The van der Waals surface area contributed by atoms with Gasteiger partial charge in [-0.25, -0.2) is 9.59 Å². The average Bonchev–Trinajstić information content (AvgIpc) is 3.20. The molecule has 1 atom stereocenters. The first-order chi connectivity index (χ1) is 9.49. The van der Waals surface area contributed by atoms with Crippen LogP contribution in [0, 0.1) is 5.92 Å². The Labute approximate surface area is 118 Å². The van der Waals surface area contributed by atoms with E-state index in [1.54, 1.807) is 0 Å². The normalized spacial score (nSPS) is 15.8. The predicted molar refractivity (Wildman–Crippen MR) is 76.8 cm³/mol. The van der Waals surface area contributed by atoms with Crippen molar-refractivity contribution in [1.82, 2.24) is 5.32 Å². The molecule has 5 heteroatoms. The van der Waals surface area contributed by atoms with Gasteiger partial charge in [0.25, 0.3) is 0 Å². The van der Waals surface area contributed by atoms with E-state index in [2.05, 4.69) is 10.6 Å². The number of benzene rings is 1. The van der Waals surface area contributed by atoms with Gasteiger partial charge >= 0.3 is 12.0 Å². The standard InChI is InChI=1S/C15H20N2O3/c1-9(2)11-5-3-4-6-12(11)16-15(20)17-13(14(18)19)10-7-8-10/h3-6,9-10,13H,7-8H2,1-2H3,(H,18,19)(H2,16,17,20). The van der Waals surface area contributed by atoms with E-state index in [4.69, 9.17) is 5.11 Å². The molecule has 0 radical (unpaired) electrons. The van der Waals surface area contributed by atoms with Crippen molar-refractivity contribution < 1.29 is 14.7 Å². The Morgan fingerprint density at radius 3 is 2.45 bits per heavy atom. The Balaban J connectivity index is 2.02. The Bertz CT molecular complexity index is 510. The van der Waals surface area contributed by atoms with Crippen LogP contribution in [-0.4, -0.2) is 23.1 Å². The fourth-order valence-electron chi connectivity index (χ4n) is 2.22. The van der Waals surface area contributed by atoms with Gasteiger partial charge in [-0.15, -0.1) is 0 Å². The summed E-state index contributed by atoms with van der Waals surface area (Å²) in [6.07, 6.45) is 1.72. The lowest BCUT2D eigenvalue weighted by molar-refractivity contribution is -0.139. The topological polar surface area (TPSA) is 78.4 Å². The summed E-state index contributed by atoms with van der Waals surface area (Å²) in [5.41, 5.74) is 1.75. The van der Waals surface area contributed by atoms with E-state index in [1.807, 2.05) is 38.1 Å². The van der Waals surface area contributed by atoms with Crippen molar-refractivity contribution in [2.75, 3.05) is 5.32 Å². The molecule has 1 fully saturated rings. The van der Waals surface area contributed by atoms with E-state index in [-0.39, 0.29) is 11.8 Å². The highest BCUT2D eigenvalue weighted by atomic mass is 16.4. The van der Waals surface area contributed by atoms with Gasteiger partial charge in [-0.3, -0.25) is 0 Å². The van der Waals surface area contributed by atoms with E-state index < -0.39 is 18.0 Å². The number of rotatable bonds is 5. The van der Waals surface area contributed by atoms with E-state index >= 15 is 0 Å². The molecule has 0 saturated heterocycles. The first kappa shape index (κ1) is 14.4. The molecule has 0 bridgehead atoms. The summed E-state index contributed by atoms with van der Waals surface area (Å²) >= 11 is 0. The molecule has 1 unspecified atom stereocenters. The molecule has 0 heterocycles. The Morgan fingerprint density at radius 2 is 1.90 bits per heavy atom. The van der Waals surface area contributed by atoms with Crippen molar-refractivity contribution in [3.63, 3.8) is 0 Å². The quantitative estimate of drug-likeness (QED) is 0.773. The lowest BCUT2D eigenvalue weighted by Crippen LogP contribution is -2.44. The van der Waals surface area contributed by atoms with Crippen LogP contribution >= 0.6 is 0 Å². The number of urea groups is 1. The summed E-state index contributed by atoms with van der Waals surface area (Å²) in [6, 6.07) is 6.29. The van der Waals surface area contributed by atoms with Crippen molar-refractivity contribution in [3.05, 3.63) is 29.8 Å². The van der Waals surface area contributed by atoms with E-state index in [9.17, 15) is 9.59 Å². The van der Waals surface area contributed by atoms with Crippen LogP contribution in [0.15, 0.2) is 24.3 Å². The Morgan fingerprint density at radius 1 is 1.25 bits per heavy atom. The molecule has 3 N–H and O–H groups in total. The summed E-state index contributed by atoms with van der Waals surface area (Å²) in [7, 11) is 0. The first-order valence-corrected chi connectivity index (χ1v) is 6.88. The summed E-state index contributed by atoms with van der Waals surface area (Å²) in [5.74, 6) is -0.622. The van der Waals surface area contributed by atoms with Gasteiger partial charge in [0.1, 0.15) is 6.04 Å². The number of nitrogens with one attached hydrogen (secondary N) is 2. The number of carbonyl (C=O) groups is 2. The van der Waals surface area contributed by atoms with Crippen LogP contribution in [-0.2, 0) is 4.79 Å². The third kappa shape index (κ3) is 3.50. The van der Waals surface area contributed by atoms with Gasteiger partial charge in [-0.1, -0.05) is 32.0 Å². The largest absolute Gasteiger partial charge is 0.480 e. The Hall–Kier alpha value is -2.04. The van der Waals surface area contributed by atoms with E-state index in [1.165, 1.54) is 0 Å². The zero-order valence-electron chi connectivity index (χ0n) is 11.7. The molecule has 2 rings (SSSR count). The van der Waals surface area contributed by atoms with Gasteiger partial charge in [-0.05, 0) is 36.3 Å². The smallest absolute Gasteiger partial charge is 0.326 e.